The van der Waals surface area contributed by atoms with Crippen LogP contribution in [0.15, 0.2) is 30.3 Å². The summed E-state index contributed by atoms with van der Waals surface area (Å²) in [7, 11) is 0. The maximum Gasteiger partial charge on any atom is 0.311 e. The summed E-state index contributed by atoms with van der Waals surface area (Å²) in [6.45, 7) is 0. The molecule has 0 atom stereocenters. The number of hydrogen-bond donors (Lipinski definition) is 2. The smallest absolute Gasteiger partial charge is 0.311 e. The van der Waals surface area contributed by atoms with Gasteiger partial charge < -0.3 is 11.1 Å². The molecule has 0 aliphatic carbocycles. The molecule has 0 aliphatic heterocycles. The van der Waals surface area contributed by atoms with E-state index >= 15 is 0 Å². The molecule has 1 aromatic heterocycles. The van der Waals surface area contributed by atoms with Gasteiger partial charge in [-0.15, -0.1) is 0 Å². The number of rotatable bonds is 3. The number of hydrogen-bond acceptors (Lipinski definition) is 5. The summed E-state index contributed by atoms with van der Waals surface area (Å²) < 4.78 is 13.5. The van der Waals surface area contributed by atoms with Crippen molar-refractivity contribution in [3.63, 3.8) is 0 Å². The molecular formula is C11H8ClFN4O2. The highest BCUT2D eigenvalue weighted by Gasteiger charge is 2.17. The number of halogens is 2. The first kappa shape index (κ1) is 13.0. The Hall–Kier alpha value is -2.41. The molecule has 0 aliphatic rings. The van der Waals surface area contributed by atoms with Crippen LogP contribution in [0.3, 0.4) is 0 Å². The number of nitrogen functional groups attached to an aromatic ring is 1. The molecule has 2 aromatic rings. The Morgan fingerprint density at radius 1 is 1.37 bits per heavy atom. The molecule has 1 heterocycles. The first-order chi connectivity index (χ1) is 8.97. The minimum absolute atomic E-state index is 0.0197. The van der Waals surface area contributed by atoms with E-state index in [4.69, 9.17) is 17.3 Å². The largest absolute Gasteiger partial charge is 0.384 e. The van der Waals surface area contributed by atoms with Crippen LogP contribution >= 0.6 is 11.6 Å². The number of nitrogens with two attached hydrogens (primary N) is 1. The van der Waals surface area contributed by atoms with Crippen molar-refractivity contribution in [2.45, 2.75) is 0 Å². The quantitative estimate of drug-likeness (QED) is 0.666. The van der Waals surface area contributed by atoms with E-state index in [1.54, 1.807) is 0 Å². The van der Waals surface area contributed by atoms with Crippen LogP contribution in [-0.4, -0.2) is 9.91 Å². The van der Waals surface area contributed by atoms with Gasteiger partial charge in [0.2, 0.25) is 5.82 Å². The van der Waals surface area contributed by atoms with Crippen LogP contribution in [0.1, 0.15) is 0 Å². The Balaban J connectivity index is 2.45. The van der Waals surface area contributed by atoms with E-state index in [1.807, 2.05) is 0 Å². The molecule has 1 aromatic carbocycles. The van der Waals surface area contributed by atoms with Gasteiger partial charge in [-0.3, -0.25) is 10.1 Å². The van der Waals surface area contributed by atoms with Crippen molar-refractivity contribution in [3.05, 3.63) is 51.3 Å². The van der Waals surface area contributed by atoms with E-state index in [0.29, 0.717) is 0 Å². The zero-order chi connectivity index (χ0) is 14.0. The minimum atomic E-state index is -0.642. The Labute approximate surface area is 112 Å². The SMILES string of the molecule is Nc1ccc([N+](=O)[O-])c(Nc2cc(Cl)ccc2F)n1. The second-order valence-corrected chi connectivity index (χ2v) is 4.05. The van der Waals surface area contributed by atoms with Gasteiger partial charge in [-0.25, -0.2) is 9.37 Å². The van der Waals surface area contributed by atoms with E-state index in [0.717, 1.165) is 6.07 Å². The van der Waals surface area contributed by atoms with E-state index in [-0.39, 0.29) is 28.0 Å². The van der Waals surface area contributed by atoms with Crippen LogP contribution in [-0.2, 0) is 0 Å². The molecule has 0 amide bonds. The topological polar surface area (TPSA) is 94.1 Å². The molecule has 0 bridgehead atoms. The first-order valence-corrected chi connectivity index (χ1v) is 5.48. The third-order valence-electron chi connectivity index (χ3n) is 2.27. The van der Waals surface area contributed by atoms with Gasteiger partial charge in [0.25, 0.3) is 0 Å². The second kappa shape index (κ2) is 5.07. The number of aromatic nitrogens is 1. The molecule has 19 heavy (non-hydrogen) atoms. The standard InChI is InChI=1S/C11H8ClFN4O2/c12-6-1-2-7(13)8(5-6)15-11-9(17(18)19)3-4-10(14)16-11/h1-5H,(H3,14,15,16). The number of benzene rings is 1. The number of nitro groups is 1. The van der Waals surface area contributed by atoms with Crippen molar-refractivity contribution in [3.8, 4) is 0 Å². The summed E-state index contributed by atoms with van der Waals surface area (Å²) in [6, 6.07) is 6.28. The fraction of sp³-hybridized carbons (Fsp3) is 0. The van der Waals surface area contributed by atoms with Crippen molar-refractivity contribution in [2.75, 3.05) is 11.1 Å². The van der Waals surface area contributed by atoms with Gasteiger partial charge in [0, 0.05) is 11.1 Å². The van der Waals surface area contributed by atoms with Crippen LogP contribution in [0.4, 0.5) is 27.4 Å². The molecule has 0 saturated heterocycles. The van der Waals surface area contributed by atoms with Gasteiger partial charge in [0.05, 0.1) is 10.6 Å². The zero-order valence-corrected chi connectivity index (χ0v) is 10.2. The summed E-state index contributed by atoms with van der Waals surface area (Å²) >= 11 is 5.73. The molecule has 0 radical (unpaired) electrons. The van der Waals surface area contributed by atoms with Gasteiger partial charge in [-0.2, -0.15) is 0 Å². The van der Waals surface area contributed by atoms with Crippen molar-refractivity contribution in [2.24, 2.45) is 0 Å². The second-order valence-electron chi connectivity index (χ2n) is 3.61. The van der Waals surface area contributed by atoms with Gasteiger partial charge in [-0.05, 0) is 24.3 Å². The Kier molecular flexibility index (Phi) is 3.48. The normalized spacial score (nSPS) is 10.2. The highest BCUT2D eigenvalue weighted by molar-refractivity contribution is 6.30. The lowest BCUT2D eigenvalue weighted by molar-refractivity contribution is -0.384. The van der Waals surface area contributed by atoms with E-state index in [9.17, 15) is 14.5 Å². The average Bonchev–Trinajstić information content (AvgIpc) is 2.33. The third kappa shape index (κ3) is 2.89. The average molecular weight is 283 g/mol. The molecular weight excluding hydrogens is 275 g/mol. The Morgan fingerprint density at radius 3 is 2.79 bits per heavy atom. The fourth-order valence-electron chi connectivity index (χ4n) is 1.43. The maximum atomic E-state index is 13.5. The lowest BCUT2D eigenvalue weighted by Crippen LogP contribution is -2.03. The minimum Gasteiger partial charge on any atom is -0.384 e. The highest BCUT2D eigenvalue weighted by Crippen LogP contribution is 2.29. The van der Waals surface area contributed by atoms with Crippen LogP contribution < -0.4 is 11.1 Å². The lowest BCUT2D eigenvalue weighted by atomic mass is 10.3. The number of nitrogens with one attached hydrogen (secondary N) is 1. The van der Waals surface area contributed by atoms with Gasteiger partial charge in [0.15, 0.2) is 0 Å². The van der Waals surface area contributed by atoms with Crippen LogP contribution in [0.5, 0.6) is 0 Å². The van der Waals surface area contributed by atoms with Crippen molar-refractivity contribution >= 4 is 34.6 Å². The molecule has 98 valence electrons. The van der Waals surface area contributed by atoms with Crippen LogP contribution in [0.2, 0.25) is 5.02 Å². The predicted molar refractivity (Wildman–Crippen MR) is 70.0 cm³/mol. The predicted octanol–water partition coefficient (Wildman–Crippen LogP) is 3.11. The molecule has 0 fully saturated rings. The van der Waals surface area contributed by atoms with Crippen LogP contribution in [0.25, 0.3) is 0 Å². The van der Waals surface area contributed by atoms with Crippen molar-refractivity contribution in [1.29, 1.82) is 0 Å². The van der Waals surface area contributed by atoms with E-state index in [2.05, 4.69) is 10.3 Å². The first-order valence-electron chi connectivity index (χ1n) is 5.10. The summed E-state index contributed by atoms with van der Waals surface area (Å²) in [5, 5.41) is 13.6. The number of pyridine rings is 1. The number of nitrogens with zero attached hydrogens (tertiary/aromatic N) is 2. The summed E-state index contributed by atoms with van der Waals surface area (Å²) in [4.78, 5) is 14.0. The van der Waals surface area contributed by atoms with Gasteiger partial charge in [0.1, 0.15) is 11.6 Å². The molecule has 6 nitrogen and oxygen atoms in total. The molecule has 8 heteroatoms. The summed E-state index contributed by atoms with van der Waals surface area (Å²) in [5.41, 5.74) is 5.12. The van der Waals surface area contributed by atoms with E-state index in [1.165, 1.54) is 24.3 Å². The summed E-state index contributed by atoms with van der Waals surface area (Å²) in [6.07, 6.45) is 0. The summed E-state index contributed by atoms with van der Waals surface area (Å²) in [5.74, 6) is -0.676. The molecule has 3 N–H and O–H groups in total. The molecule has 2 rings (SSSR count). The van der Waals surface area contributed by atoms with E-state index < -0.39 is 10.7 Å². The Bertz CT molecular complexity index is 651. The molecule has 0 unspecified atom stereocenters. The van der Waals surface area contributed by atoms with Crippen molar-refractivity contribution in [1.82, 2.24) is 4.98 Å². The maximum absolute atomic E-state index is 13.5. The number of anilines is 3. The highest BCUT2D eigenvalue weighted by atomic mass is 35.5. The van der Waals surface area contributed by atoms with Gasteiger partial charge >= 0.3 is 5.69 Å². The molecule has 0 saturated carbocycles. The van der Waals surface area contributed by atoms with Gasteiger partial charge in [-0.1, -0.05) is 11.6 Å². The monoisotopic (exact) mass is 282 g/mol. The van der Waals surface area contributed by atoms with Crippen LogP contribution in [0, 0.1) is 15.9 Å². The lowest BCUT2D eigenvalue weighted by Gasteiger charge is -2.08. The van der Waals surface area contributed by atoms with Crippen molar-refractivity contribution < 1.29 is 9.31 Å². The third-order valence-corrected chi connectivity index (χ3v) is 2.51. The Morgan fingerprint density at radius 2 is 2.11 bits per heavy atom. The fourth-order valence-corrected chi connectivity index (χ4v) is 1.60. The zero-order valence-electron chi connectivity index (χ0n) is 9.43. The molecule has 0 spiro atoms.